The van der Waals surface area contributed by atoms with E-state index in [1.165, 1.54) is 0 Å². The molecule has 3 N–H and O–H groups in total. The van der Waals surface area contributed by atoms with Crippen molar-refractivity contribution in [3.63, 3.8) is 0 Å². The van der Waals surface area contributed by atoms with E-state index in [2.05, 4.69) is 5.32 Å². The van der Waals surface area contributed by atoms with E-state index in [9.17, 15) is 4.79 Å². The Morgan fingerprint density at radius 3 is 2.59 bits per heavy atom. The summed E-state index contributed by atoms with van der Waals surface area (Å²) in [5.41, 5.74) is 6.35. The maximum atomic E-state index is 11.2. The number of hydrogen-bond donors (Lipinski definition) is 2. The minimum absolute atomic E-state index is 0.188. The van der Waals surface area contributed by atoms with Gasteiger partial charge >= 0.3 is 0 Å². The van der Waals surface area contributed by atoms with E-state index in [1.807, 2.05) is 45.0 Å². The number of carbonyl (C=O) groups excluding carboxylic acids is 1. The number of nitrogens with one attached hydrogen (secondary N) is 1. The van der Waals surface area contributed by atoms with Gasteiger partial charge in [-0.1, -0.05) is 32.0 Å². The quantitative estimate of drug-likeness (QED) is 0.780. The lowest BCUT2D eigenvalue weighted by molar-refractivity contribution is -0.120. The monoisotopic (exact) mass is 236 g/mol. The maximum absolute atomic E-state index is 11.2. The normalized spacial score (nSPS) is 12.5. The molecule has 4 nitrogen and oxygen atoms in total. The highest BCUT2D eigenvalue weighted by Gasteiger charge is 2.17. The lowest BCUT2D eigenvalue weighted by Gasteiger charge is -2.19. The molecule has 1 amide bonds. The summed E-state index contributed by atoms with van der Waals surface area (Å²) in [5.74, 6) is 0.386. The second-order valence-corrected chi connectivity index (χ2v) is 4.35. The Balaban J connectivity index is 2.58. The average Bonchev–Trinajstić information content (AvgIpc) is 2.25. The van der Waals surface area contributed by atoms with Crippen molar-refractivity contribution in [2.45, 2.75) is 32.9 Å². The van der Waals surface area contributed by atoms with Gasteiger partial charge in [-0.3, -0.25) is 4.79 Å². The van der Waals surface area contributed by atoms with Crippen molar-refractivity contribution in [1.29, 1.82) is 0 Å². The van der Waals surface area contributed by atoms with Crippen LogP contribution in [0.5, 0.6) is 5.75 Å². The number of hydrogen-bond acceptors (Lipinski definition) is 3. The van der Waals surface area contributed by atoms with E-state index in [0.29, 0.717) is 0 Å². The third kappa shape index (κ3) is 4.44. The largest absolute Gasteiger partial charge is 0.491 e. The molecule has 0 fully saturated rings. The molecule has 0 aromatic heterocycles. The van der Waals surface area contributed by atoms with Gasteiger partial charge in [0.1, 0.15) is 18.4 Å². The molecule has 0 aliphatic rings. The fourth-order valence-electron chi connectivity index (χ4n) is 1.51. The molecular weight excluding hydrogens is 216 g/mol. The molecule has 0 radical (unpaired) electrons. The predicted molar refractivity (Wildman–Crippen MR) is 67.9 cm³/mol. The predicted octanol–water partition coefficient (Wildman–Crippen LogP) is 1.23. The highest BCUT2D eigenvalue weighted by Crippen LogP contribution is 2.16. The fourth-order valence-corrected chi connectivity index (χ4v) is 1.51. The summed E-state index contributed by atoms with van der Waals surface area (Å²) in [6, 6.07) is 7.41. The molecule has 0 saturated carbocycles. The Labute approximate surface area is 102 Å². The molecule has 1 aromatic rings. The minimum Gasteiger partial charge on any atom is -0.491 e. The van der Waals surface area contributed by atoms with E-state index in [1.54, 1.807) is 0 Å². The number of ether oxygens (including phenoxy) is 1. The average molecular weight is 236 g/mol. The van der Waals surface area contributed by atoms with Crippen LogP contribution >= 0.6 is 0 Å². The molecule has 1 unspecified atom stereocenters. The van der Waals surface area contributed by atoms with Gasteiger partial charge in [0.15, 0.2) is 0 Å². The fraction of sp³-hybridized carbons (Fsp3) is 0.462. The maximum Gasteiger partial charge on any atom is 0.238 e. The molecule has 1 atom stereocenters. The van der Waals surface area contributed by atoms with Crippen LogP contribution in [-0.2, 0) is 4.79 Å². The number of amides is 1. The van der Waals surface area contributed by atoms with Crippen LogP contribution in [0.3, 0.4) is 0 Å². The number of aryl methyl sites for hydroxylation is 1. The van der Waals surface area contributed by atoms with Crippen LogP contribution in [-0.4, -0.2) is 24.6 Å². The number of para-hydroxylation sites is 1. The van der Waals surface area contributed by atoms with Crippen molar-refractivity contribution in [2.75, 3.05) is 6.61 Å². The third-order valence-electron chi connectivity index (χ3n) is 2.38. The zero-order valence-corrected chi connectivity index (χ0v) is 10.6. The molecule has 0 saturated heterocycles. The van der Waals surface area contributed by atoms with Crippen molar-refractivity contribution in [3.8, 4) is 5.75 Å². The van der Waals surface area contributed by atoms with Gasteiger partial charge in [-0.25, -0.2) is 0 Å². The van der Waals surface area contributed by atoms with E-state index >= 15 is 0 Å². The van der Waals surface area contributed by atoms with Crippen molar-refractivity contribution in [2.24, 2.45) is 5.73 Å². The van der Waals surface area contributed by atoms with Gasteiger partial charge in [0, 0.05) is 6.04 Å². The second-order valence-electron chi connectivity index (χ2n) is 4.35. The summed E-state index contributed by atoms with van der Waals surface area (Å²) < 4.78 is 5.60. The van der Waals surface area contributed by atoms with Gasteiger partial charge in [0.05, 0.1) is 0 Å². The second kappa shape index (κ2) is 6.25. The first-order chi connectivity index (χ1) is 8.00. The number of rotatable bonds is 6. The van der Waals surface area contributed by atoms with Crippen molar-refractivity contribution in [3.05, 3.63) is 29.8 Å². The number of carbonyl (C=O) groups is 1. The Morgan fingerprint density at radius 2 is 2.06 bits per heavy atom. The van der Waals surface area contributed by atoms with Crippen molar-refractivity contribution < 1.29 is 9.53 Å². The molecule has 1 rings (SSSR count). The lowest BCUT2D eigenvalue weighted by atomic mass is 10.2. The van der Waals surface area contributed by atoms with Gasteiger partial charge in [0.25, 0.3) is 0 Å². The van der Waals surface area contributed by atoms with Gasteiger partial charge in [-0.05, 0) is 18.6 Å². The van der Waals surface area contributed by atoms with E-state index < -0.39 is 11.9 Å². The molecule has 0 aliphatic heterocycles. The van der Waals surface area contributed by atoms with Crippen LogP contribution in [0.1, 0.15) is 19.4 Å². The van der Waals surface area contributed by atoms with Crippen LogP contribution in [0.15, 0.2) is 24.3 Å². The molecule has 0 spiro atoms. The molecule has 0 heterocycles. The molecule has 0 aliphatic carbocycles. The highest BCUT2D eigenvalue weighted by atomic mass is 16.5. The van der Waals surface area contributed by atoms with Crippen LogP contribution < -0.4 is 15.8 Å². The molecule has 94 valence electrons. The molecule has 4 heteroatoms. The van der Waals surface area contributed by atoms with E-state index in [0.717, 1.165) is 11.3 Å². The van der Waals surface area contributed by atoms with Crippen molar-refractivity contribution in [1.82, 2.24) is 5.32 Å². The smallest absolute Gasteiger partial charge is 0.238 e. The Kier molecular flexibility index (Phi) is 4.97. The van der Waals surface area contributed by atoms with Gasteiger partial charge in [0.2, 0.25) is 5.91 Å². The summed E-state index contributed by atoms with van der Waals surface area (Å²) in [5, 5.41) is 3.07. The minimum atomic E-state index is -0.463. The van der Waals surface area contributed by atoms with Gasteiger partial charge < -0.3 is 15.8 Å². The third-order valence-corrected chi connectivity index (χ3v) is 2.38. The number of benzene rings is 1. The van der Waals surface area contributed by atoms with Crippen LogP contribution in [0.2, 0.25) is 0 Å². The highest BCUT2D eigenvalue weighted by molar-refractivity contribution is 5.80. The van der Waals surface area contributed by atoms with Crippen LogP contribution in [0, 0.1) is 6.92 Å². The molecule has 17 heavy (non-hydrogen) atoms. The first-order valence-corrected chi connectivity index (χ1v) is 5.74. The number of nitrogens with two attached hydrogens (primary N) is 1. The van der Waals surface area contributed by atoms with Gasteiger partial charge in [-0.15, -0.1) is 0 Å². The Morgan fingerprint density at radius 1 is 1.41 bits per heavy atom. The zero-order valence-electron chi connectivity index (χ0n) is 10.6. The molecular formula is C13H20N2O2. The van der Waals surface area contributed by atoms with Gasteiger partial charge in [-0.2, -0.15) is 0 Å². The Bertz CT molecular complexity index is 377. The SMILES string of the molecule is Cc1ccccc1OCC(NC(C)C)C(N)=O. The summed E-state index contributed by atoms with van der Waals surface area (Å²) in [6.45, 7) is 6.14. The van der Waals surface area contributed by atoms with E-state index in [4.69, 9.17) is 10.5 Å². The summed E-state index contributed by atoms with van der Waals surface area (Å²) >= 11 is 0. The first kappa shape index (κ1) is 13.5. The lowest BCUT2D eigenvalue weighted by Crippen LogP contribution is -2.48. The summed E-state index contributed by atoms with van der Waals surface area (Å²) in [4.78, 5) is 11.2. The zero-order chi connectivity index (χ0) is 12.8. The number of primary amides is 1. The van der Waals surface area contributed by atoms with Crippen LogP contribution in [0.4, 0.5) is 0 Å². The van der Waals surface area contributed by atoms with E-state index in [-0.39, 0.29) is 12.6 Å². The topological polar surface area (TPSA) is 64.3 Å². The molecule has 1 aromatic carbocycles. The van der Waals surface area contributed by atoms with Crippen LogP contribution in [0.25, 0.3) is 0 Å². The summed E-state index contributed by atoms with van der Waals surface area (Å²) in [7, 11) is 0. The first-order valence-electron chi connectivity index (χ1n) is 5.74. The molecule has 0 bridgehead atoms. The Hall–Kier alpha value is -1.55. The summed E-state index contributed by atoms with van der Waals surface area (Å²) in [6.07, 6.45) is 0. The van der Waals surface area contributed by atoms with Crippen molar-refractivity contribution >= 4 is 5.91 Å². The standard InChI is InChI=1S/C13H20N2O2/c1-9(2)15-11(13(14)16)8-17-12-7-5-4-6-10(12)3/h4-7,9,11,15H,8H2,1-3H3,(H2,14,16).